The zero-order valence-corrected chi connectivity index (χ0v) is 11.9. The van der Waals surface area contributed by atoms with E-state index in [2.05, 4.69) is 10.2 Å². The summed E-state index contributed by atoms with van der Waals surface area (Å²) in [6.45, 7) is 0.594. The third kappa shape index (κ3) is 2.97. The second-order valence-electron chi connectivity index (χ2n) is 6.53. The fourth-order valence-electron chi connectivity index (χ4n) is 3.88. The third-order valence-electron chi connectivity index (χ3n) is 5.05. The molecule has 2 saturated carbocycles. The summed E-state index contributed by atoms with van der Waals surface area (Å²) >= 11 is 0. The summed E-state index contributed by atoms with van der Waals surface area (Å²) in [5, 5.41) is 12.4. The molecule has 2 aliphatic carbocycles. The Balaban J connectivity index is 1.58. The topological polar surface area (TPSA) is 69.6 Å². The van der Waals surface area contributed by atoms with Gasteiger partial charge >= 0.3 is 5.97 Å². The molecule has 20 heavy (non-hydrogen) atoms. The van der Waals surface area contributed by atoms with Crippen LogP contribution >= 0.6 is 0 Å². The van der Waals surface area contributed by atoms with E-state index in [0.717, 1.165) is 32.1 Å². The summed E-state index contributed by atoms with van der Waals surface area (Å²) in [4.78, 5) is 25.3. The van der Waals surface area contributed by atoms with Crippen molar-refractivity contribution in [2.24, 2.45) is 5.92 Å². The molecule has 0 spiro atoms. The molecule has 0 bridgehead atoms. The van der Waals surface area contributed by atoms with Gasteiger partial charge in [-0.15, -0.1) is 0 Å². The van der Waals surface area contributed by atoms with Crippen molar-refractivity contribution in [1.29, 1.82) is 0 Å². The van der Waals surface area contributed by atoms with Gasteiger partial charge in [-0.2, -0.15) is 0 Å². The van der Waals surface area contributed by atoms with Crippen LogP contribution in [0.3, 0.4) is 0 Å². The van der Waals surface area contributed by atoms with E-state index in [4.69, 9.17) is 0 Å². The van der Waals surface area contributed by atoms with Gasteiger partial charge in [0.2, 0.25) is 5.91 Å². The lowest BCUT2D eigenvalue weighted by molar-refractivity contribution is -0.143. The molecule has 112 valence electrons. The van der Waals surface area contributed by atoms with Crippen LogP contribution in [0, 0.1) is 5.92 Å². The van der Waals surface area contributed by atoms with Gasteiger partial charge in [-0.25, -0.2) is 0 Å². The van der Waals surface area contributed by atoms with Crippen molar-refractivity contribution in [3.05, 3.63) is 0 Å². The Hall–Kier alpha value is -1.10. The molecule has 2 N–H and O–H groups in total. The lowest BCUT2D eigenvalue weighted by Crippen LogP contribution is -2.44. The van der Waals surface area contributed by atoms with Crippen molar-refractivity contribution in [1.82, 2.24) is 10.2 Å². The van der Waals surface area contributed by atoms with Crippen LogP contribution in [0.1, 0.15) is 51.4 Å². The minimum Gasteiger partial charge on any atom is -0.480 e. The zero-order chi connectivity index (χ0) is 14.1. The summed E-state index contributed by atoms with van der Waals surface area (Å²) in [6, 6.07) is 0.397. The van der Waals surface area contributed by atoms with Gasteiger partial charge in [0.1, 0.15) is 6.04 Å². The highest BCUT2D eigenvalue weighted by atomic mass is 16.4. The smallest absolute Gasteiger partial charge is 0.320 e. The summed E-state index contributed by atoms with van der Waals surface area (Å²) < 4.78 is 0. The number of hydrogen-bond donors (Lipinski definition) is 2. The largest absolute Gasteiger partial charge is 0.480 e. The monoisotopic (exact) mass is 280 g/mol. The van der Waals surface area contributed by atoms with Gasteiger partial charge in [-0.1, -0.05) is 12.8 Å². The minimum absolute atomic E-state index is 0.0795. The molecule has 0 aromatic carbocycles. The van der Waals surface area contributed by atoms with Gasteiger partial charge in [0, 0.05) is 25.0 Å². The third-order valence-corrected chi connectivity index (χ3v) is 5.05. The van der Waals surface area contributed by atoms with E-state index in [1.807, 2.05) is 0 Å². The van der Waals surface area contributed by atoms with Gasteiger partial charge in [-0.05, 0) is 38.0 Å². The maximum atomic E-state index is 11.8. The SMILES string of the molecule is O=C(CCN1C(C(=O)O)CC2CCCCC21)NC1CC1. The molecule has 1 heterocycles. The highest BCUT2D eigenvalue weighted by Gasteiger charge is 2.44. The zero-order valence-electron chi connectivity index (χ0n) is 11.9. The highest BCUT2D eigenvalue weighted by molar-refractivity contribution is 5.77. The number of rotatable bonds is 5. The number of fused-ring (bicyclic) bond motifs is 1. The Morgan fingerprint density at radius 1 is 1.15 bits per heavy atom. The fourth-order valence-corrected chi connectivity index (χ4v) is 3.88. The lowest BCUT2D eigenvalue weighted by atomic mass is 9.85. The average molecular weight is 280 g/mol. The molecule has 3 fully saturated rings. The quantitative estimate of drug-likeness (QED) is 0.798. The van der Waals surface area contributed by atoms with E-state index in [9.17, 15) is 14.7 Å². The van der Waals surface area contributed by atoms with Crippen molar-refractivity contribution in [3.8, 4) is 0 Å². The van der Waals surface area contributed by atoms with Crippen LogP contribution in [0.15, 0.2) is 0 Å². The number of aliphatic carboxylic acids is 1. The van der Waals surface area contributed by atoms with Crippen molar-refractivity contribution in [2.75, 3.05) is 6.54 Å². The summed E-state index contributed by atoms with van der Waals surface area (Å²) in [6.07, 6.45) is 8.06. The van der Waals surface area contributed by atoms with Gasteiger partial charge < -0.3 is 10.4 Å². The van der Waals surface area contributed by atoms with Crippen LogP contribution < -0.4 is 5.32 Å². The Bertz CT molecular complexity index is 395. The molecule has 3 unspecified atom stereocenters. The maximum absolute atomic E-state index is 11.8. The number of likely N-dealkylation sites (tertiary alicyclic amines) is 1. The Morgan fingerprint density at radius 2 is 1.90 bits per heavy atom. The standard InChI is InChI=1S/C15H24N2O3/c18-14(16-11-5-6-11)7-8-17-12-4-2-1-3-10(12)9-13(17)15(19)20/h10-13H,1-9H2,(H,16,18)(H,19,20). The maximum Gasteiger partial charge on any atom is 0.320 e. The number of hydrogen-bond acceptors (Lipinski definition) is 3. The first kappa shape index (κ1) is 13.9. The number of carbonyl (C=O) groups excluding carboxylic acids is 1. The number of amides is 1. The predicted molar refractivity (Wildman–Crippen MR) is 74.3 cm³/mol. The van der Waals surface area contributed by atoms with E-state index in [1.165, 1.54) is 12.8 Å². The van der Waals surface area contributed by atoms with Crippen LogP contribution in [0.5, 0.6) is 0 Å². The second kappa shape index (κ2) is 5.72. The van der Waals surface area contributed by atoms with E-state index >= 15 is 0 Å². The van der Waals surface area contributed by atoms with Crippen LogP contribution in [0.4, 0.5) is 0 Å². The molecule has 5 nitrogen and oxygen atoms in total. The van der Waals surface area contributed by atoms with Crippen molar-refractivity contribution < 1.29 is 14.7 Å². The Labute approximate surface area is 119 Å². The molecular weight excluding hydrogens is 256 g/mol. The number of carboxylic acids is 1. The normalized spacial score (nSPS) is 33.7. The predicted octanol–water partition coefficient (Wildman–Crippen LogP) is 1.37. The molecule has 1 amide bonds. The van der Waals surface area contributed by atoms with Crippen LogP contribution in [0.2, 0.25) is 0 Å². The molecule has 3 atom stereocenters. The molecule has 5 heteroatoms. The van der Waals surface area contributed by atoms with E-state index < -0.39 is 5.97 Å². The average Bonchev–Trinajstić information content (AvgIpc) is 3.15. The molecular formula is C15H24N2O3. The molecule has 1 saturated heterocycles. The van der Waals surface area contributed by atoms with Crippen molar-refractivity contribution in [2.45, 2.75) is 69.5 Å². The number of nitrogens with one attached hydrogen (secondary N) is 1. The molecule has 3 aliphatic rings. The van der Waals surface area contributed by atoms with Gasteiger partial charge in [0.25, 0.3) is 0 Å². The van der Waals surface area contributed by atoms with Crippen molar-refractivity contribution >= 4 is 11.9 Å². The Morgan fingerprint density at radius 3 is 2.60 bits per heavy atom. The van der Waals surface area contributed by atoms with E-state index in [0.29, 0.717) is 31.0 Å². The van der Waals surface area contributed by atoms with Gasteiger partial charge in [0.15, 0.2) is 0 Å². The summed E-state index contributed by atoms with van der Waals surface area (Å²) in [7, 11) is 0. The first-order valence-corrected chi connectivity index (χ1v) is 7.93. The number of carbonyl (C=O) groups is 2. The van der Waals surface area contributed by atoms with Crippen LogP contribution in [0.25, 0.3) is 0 Å². The molecule has 3 rings (SSSR count). The fraction of sp³-hybridized carbons (Fsp3) is 0.867. The van der Waals surface area contributed by atoms with E-state index in [1.54, 1.807) is 0 Å². The minimum atomic E-state index is -0.720. The first-order valence-electron chi connectivity index (χ1n) is 7.93. The van der Waals surface area contributed by atoms with Crippen molar-refractivity contribution in [3.63, 3.8) is 0 Å². The molecule has 0 aromatic rings. The highest BCUT2D eigenvalue weighted by Crippen LogP contribution is 2.39. The van der Waals surface area contributed by atoms with Gasteiger partial charge in [0.05, 0.1) is 0 Å². The van der Waals surface area contributed by atoms with Crippen LogP contribution in [-0.2, 0) is 9.59 Å². The summed E-state index contributed by atoms with van der Waals surface area (Å²) in [5.41, 5.74) is 0. The first-order chi connectivity index (χ1) is 9.65. The van der Waals surface area contributed by atoms with E-state index in [-0.39, 0.29) is 11.9 Å². The molecule has 0 radical (unpaired) electrons. The molecule has 0 aromatic heterocycles. The summed E-state index contributed by atoms with van der Waals surface area (Å²) in [5.74, 6) is -0.116. The van der Waals surface area contributed by atoms with Crippen LogP contribution in [-0.4, -0.2) is 46.6 Å². The number of carboxylic acid groups (broad SMARTS) is 1. The lowest BCUT2D eigenvalue weighted by Gasteiger charge is -2.32. The van der Waals surface area contributed by atoms with Gasteiger partial charge in [-0.3, -0.25) is 14.5 Å². The molecule has 1 aliphatic heterocycles. The Kier molecular flexibility index (Phi) is 3.96. The number of nitrogens with zero attached hydrogens (tertiary/aromatic N) is 1. The second-order valence-corrected chi connectivity index (χ2v) is 6.53.